The van der Waals surface area contributed by atoms with Gasteiger partial charge in [0.05, 0.1) is 5.56 Å². The fourth-order valence-electron chi connectivity index (χ4n) is 2.08. The van der Waals surface area contributed by atoms with Gasteiger partial charge >= 0.3 is 6.18 Å². The van der Waals surface area contributed by atoms with Gasteiger partial charge in [0.15, 0.2) is 0 Å². The third kappa shape index (κ3) is 4.38. The molecule has 1 aromatic carbocycles. The van der Waals surface area contributed by atoms with E-state index in [-0.39, 0.29) is 6.54 Å². The number of nitrogens with zero attached hydrogens (tertiary/aromatic N) is 2. The number of hydrogen-bond acceptors (Lipinski definition) is 2. The van der Waals surface area contributed by atoms with E-state index < -0.39 is 34.8 Å². The van der Waals surface area contributed by atoms with E-state index in [1.165, 1.54) is 11.9 Å². The number of amides is 1. The molecule has 0 aliphatic rings. The molecule has 1 aromatic heterocycles. The number of halogens is 4. The minimum atomic E-state index is -4.65. The Bertz CT molecular complexity index is 788. The van der Waals surface area contributed by atoms with Gasteiger partial charge in [-0.15, -0.1) is 0 Å². The Kier molecular flexibility index (Phi) is 5.33. The summed E-state index contributed by atoms with van der Waals surface area (Å²) in [6.45, 7) is -0.243. The standard InChI is InChI=1S/C16H14ClF3N2O2/c1-21(8-11-5-3-2-4-6-11)14(23)10-22-9-12(16(18,19)20)7-13(17)15(22)24/h2-7,9H,8,10H2,1H3. The van der Waals surface area contributed by atoms with Gasteiger partial charge in [-0.2, -0.15) is 13.2 Å². The molecule has 128 valence electrons. The SMILES string of the molecule is CN(Cc1ccccc1)C(=O)Cn1cc(C(F)(F)F)cc(Cl)c1=O. The highest BCUT2D eigenvalue weighted by Gasteiger charge is 2.32. The van der Waals surface area contributed by atoms with Crippen molar-refractivity contribution in [3.63, 3.8) is 0 Å². The Labute approximate surface area is 141 Å². The molecule has 0 aliphatic heterocycles. The predicted octanol–water partition coefficient (Wildman–Crippen LogP) is 3.18. The summed E-state index contributed by atoms with van der Waals surface area (Å²) in [5.41, 5.74) is -1.06. The molecule has 0 radical (unpaired) electrons. The third-order valence-electron chi connectivity index (χ3n) is 3.36. The summed E-state index contributed by atoms with van der Waals surface area (Å²) in [6.07, 6.45) is -4.06. The van der Waals surface area contributed by atoms with Crippen LogP contribution in [0.4, 0.5) is 13.2 Å². The minimum absolute atomic E-state index is 0.279. The van der Waals surface area contributed by atoms with E-state index in [0.29, 0.717) is 16.8 Å². The van der Waals surface area contributed by atoms with Crippen LogP contribution in [0.3, 0.4) is 0 Å². The highest BCUT2D eigenvalue weighted by atomic mass is 35.5. The van der Waals surface area contributed by atoms with E-state index in [4.69, 9.17) is 11.6 Å². The van der Waals surface area contributed by atoms with E-state index in [0.717, 1.165) is 5.56 Å². The summed E-state index contributed by atoms with van der Waals surface area (Å²) in [6, 6.07) is 9.64. The van der Waals surface area contributed by atoms with E-state index >= 15 is 0 Å². The van der Waals surface area contributed by atoms with Crippen molar-refractivity contribution in [3.8, 4) is 0 Å². The van der Waals surface area contributed by atoms with Gasteiger partial charge in [0.1, 0.15) is 11.6 Å². The fraction of sp³-hybridized carbons (Fsp3) is 0.250. The number of aromatic nitrogens is 1. The molecule has 0 N–H and O–H groups in total. The van der Waals surface area contributed by atoms with Gasteiger partial charge in [-0.05, 0) is 11.6 Å². The molecule has 0 unspecified atom stereocenters. The average molecular weight is 359 g/mol. The van der Waals surface area contributed by atoms with E-state index in [2.05, 4.69) is 0 Å². The molecule has 1 amide bonds. The zero-order valence-electron chi connectivity index (χ0n) is 12.7. The molecular formula is C16H14ClF3N2O2. The largest absolute Gasteiger partial charge is 0.417 e. The second-order valence-electron chi connectivity index (χ2n) is 5.24. The lowest BCUT2D eigenvalue weighted by Crippen LogP contribution is -2.34. The normalized spacial score (nSPS) is 11.4. The van der Waals surface area contributed by atoms with Crippen LogP contribution < -0.4 is 5.56 Å². The van der Waals surface area contributed by atoms with E-state index in [9.17, 15) is 22.8 Å². The first-order valence-corrected chi connectivity index (χ1v) is 7.31. The van der Waals surface area contributed by atoms with Crippen LogP contribution in [0, 0.1) is 0 Å². The van der Waals surface area contributed by atoms with Crippen molar-refractivity contribution in [1.29, 1.82) is 0 Å². The van der Waals surface area contributed by atoms with Crippen LogP contribution in [-0.4, -0.2) is 22.4 Å². The topological polar surface area (TPSA) is 42.3 Å². The minimum Gasteiger partial charge on any atom is -0.340 e. The van der Waals surface area contributed by atoms with Crippen LogP contribution in [0.15, 0.2) is 47.4 Å². The van der Waals surface area contributed by atoms with Crippen LogP contribution in [0.25, 0.3) is 0 Å². The predicted molar refractivity (Wildman–Crippen MR) is 83.6 cm³/mol. The van der Waals surface area contributed by atoms with Crippen molar-refractivity contribution in [1.82, 2.24) is 9.47 Å². The summed E-state index contributed by atoms with van der Waals surface area (Å²) in [5, 5.41) is -0.580. The molecule has 0 atom stereocenters. The van der Waals surface area contributed by atoms with Crippen molar-refractivity contribution in [2.75, 3.05) is 7.05 Å². The van der Waals surface area contributed by atoms with Gasteiger partial charge in [0, 0.05) is 19.8 Å². The highest BCUT2D eigenvalue weighted by Crippen LogP contribution is 2.29. The number of carbonyl (C=O) groups excluding carboxylic acids is 1. The average Bonchev–Trinajstić information content (AvgIpc) is 2.51. The van der Waals surface area contributed by atoms with Crippen LogP contribution in [0.5, 0.6) is 0 Å². The molecule has 1 heterocycles. The van der Waals surface area contributed by atoms with Crippen molar-refractivity contribution >= 4 is 17.5 Å². The number of alkyl halides is 3. The Morgan fingerprint density at radius 1 is 1.25 bits per heavy atom. The molecule has 2 aromatic rings. The van der Waals surface area contributed by atoms with E-state index in [1.54, 1.807) is 0 Å². The summed E-state index contributed by atoms with van der Waals surface area (Å²) in [5.74, 6) is -0.503. The van der Waals surface area contributed by atoms with Crippen molar-refractivity contribution in [2.24, 2.45) is 0 Å². The van der Waals surface area contributed by atoms with Gasteiger partial charge in [0.25, 0.3) is 5.56 Å². The lowest BCUT2D eigenvalue weighted by Gasteiger charge is -2.18. The second-order valence-corrected chi connectivity index (χ2v) is 5.65. The first-order chi connectivity index (χ1) is 11.2. The van der Waals surface area contributed by atoms with Crippen LogP contribution in [0.2, 0.25) is 5.02 Å². The zero-order chi connectivity index (χ0) is 17.9. The summed E-state index contributed by atoms with van der Waals surface area (Å²) < 4.78 is 39.1. The molecule has 0 saturated heterocycles. The zero-order valence-corrected chi connectivity index (χ0v) is 13.4. The summed E-state index contributed by atoms with van der Waals surface area (Å²) in [4.78, 5) is 25.4. The molecule has 0 aliphatic carbocycles. The first kappa shape index (κ1) is 18.1. The third-order valence-corrected chi connectivity index (χ3v) is 3.63. The maximum absolute atomic E-state index is 12.8. The van der Waals surface area contributed by atoms with Gasteiger partial charge in [0.2, 0.25) is 5.91 Å². The Morgan fingerprint density at radius 3 is 2.46 bits per heavy atom. The van der Waals surface area contributed by atoms with Gasteiger partial charge < -0.3 is 9.47 Å². The summed E-state index contributed by atoms with van der Waals surface area (Å²) in [7, 11) is 1.51. The Morgan fingerprint density at radius 2 is 1.88 bits per heavy atom. The molecule has 0 bridgehead atoms. The number of rotatable bonds is 4. The summed E-state index contributed by atoms with van der Waals surface area (Å²) >= 11 is 5.56. The molecule has 4 nitrogen and oxygen atoms in total. The number of pyridine rings is 1. The molecular weight excluding hydrogens is 345 g/mol. The maximum atomic E-state index is 12.8. The highest BCUT2D eigenvalue weighted by molar-refractivity contribution is 6.30. The number of carbonyl (C=O) groups is 1. The van der Waals surface area contributed by atoms with Crippen LogP contribution in [0.1, 0.15) is 11.1 Å². The van der Waals surface area contributed by atoms with Crippen molar-refractivity contribution in [3.05, 3.63) is 69.1 Å². The Balaban J connectivity index is 2.19. The van der Waals surface area contributed by atoms with Crippen LogP contribution in [-0.2, 0) is 24.1 Å². The molecule has 24 heavy (non-hydrogen) atoms. The van der Waals surface area contributed by atoms with Crippen molar-refractivity contribution < 1.29 is 18.0 Å². The monoisotopic (exact) mass is 358 g/mol. The number of hydrogen-bond donors (Lipinski definition) is 0. The van der Waals surface area contributed by atoms with Gasteiger partial charge in [-0.3, -0.25) is 9.59 Å². The smallest absolute Gasteiger partial charge is 0.340 e. The molecule has 0 fully saturated rings. The van der Waals surface area contributed by atoms with E-state index in [1.807, 2.05) is 30.3 Å². The first-order valence-electron chi connectivity index (χ1n) is 6.93. The second kappa shape index (κ2) is 7.09. The quantitative estimate of drug-likeness (QED) is 0.842. The van der Waals surface area contributed by atoms with Gasteiger partial charge in [-0.25, -0.2) is 0 Å². The molecule has 2 rings (SSSR count). The lowest BCUT2D eigenvalue weighted by molar-refractivity contribution is -0.138. The lowest BCUT2D eigenvalue weighted by atomic mass is 10.2. The molecule has 8 heteroatoms. The van der Waals surface area contributed by atoms with Crippen LogP contribution >= 0.6 is 11.6 Å². The van der Waals surface area contributed by atoms with Gasteiger partial charge in [-0.1, -0.05) is 41.9 Å². The Hall–Kier alpha value is -2.28. The number of likely N-dealkylation sites (N-methyl/N-ethyl adjacent to an activating group) is 1. The molecule has 0 spiro atoms. The van der Waals surface area contributed by atoms with Crippen molar-refractivity contribution in [2.45, 2.75) is 19.3 Å². The fourth-order valence-corrected chi connectivity index (χ4v) is 2.31. The maximum Gasteiger partial charge on any atom is 0.417 e. The molecule has 0 saturated carbocycles. The number of benzene rings is 1.